The number of nitrogens with one attached hydrogen (secondary N) is 1. The lowest BCUT2D eigenvalue weighted by molar-refractivity contribution is 0.218. The summed E-state index contributed by atoms with van der Waals surface area (Å²) in [6.45, 7) is 7.22. The summed E-state index contributed by atoms with van der Waals surface area (Å²) < 4.78 is 0. The van der Waals surface area contributed by atoms with Gasteiger partial charge >= 0.3 is 0 Å². The van der Waals surface area contributed by atoms with E-state index in [9.17, 15) is 0 Å². The van der Waals surface area contributed by atoms with E-state index in [1.54, 1.807) is 0 Å². The van der Waals surface area contributed by atoms with Gasteiger partial charge in [0, 0.05) is 12.1 Å². The number of rotatable bonds is 5. The second-order valence-corrected chi connectivity index (χ2v) is 8.07. The quantitative estimate of drug-likeness (QED) is 0.651. The molecule has 0 aromatic rings. The van der Waals surface area contributed by atoms with Gasteiger partial charge in [-0.15, -0.1) is 0 Å². The van der Waals surface area contributed by atoms with E-state index in [2.05, 4.69) is 26.1 Å². The van der Waals surface area contributed by atoms with Gasteiger partial charge in [0.25, 0.3) is 0 Å². The SMILES string of the molecule is CC(C)CC1CCCC(N[C@@H](C)C2CCCCCC2)C1. The first kappa shape index (κ1) is 16.3. The molecule has 0 aliphatic heterocycles. The Kier molecular flexibility index (Phi) is 6.87. The average molecular weight is 280 g/mol. The minimum Gasteiger partial charge on any atom is -0.311 e. The zero-order valence-electron chi connectivity index (χ0n) is 14.2. The van der Waals surface area contributed by atoms with Crippen molar-refractivity contribution in [2.75, 3.05) is 0 Å². The topological polar surface area (TPSA) is 12.0 Å². The molecule has 2 aliphatic carbocycles. The maximum absolute atomic E-state index is 4.02. The normalized spacial score (nSPS) is 31.2. The molecule has 0 bridgehead atoms. The van der Waals surface area contributed by atoms with E-state index in [1.165, 1.54) is 70.6 Å². The highest BCUT2D eigenvalue weighted by atomic mass is 15.0. The molecule has 2 unspecified atom stereocenters. The average Bonchev–Trinajstić information content (AvgIpc) is 2.67. The van der Waals surface area contributed by atoms with Crippen molar-refractivity contribution in [3.05, 3.63) is 0 Å². The largest absolute Gasteiger partial charge is 0.311 e. The van der Waals surface area contributed by atoms with Crippen molar-refractivity contribution in [2.24, 2.45) is 17.8 Å². The van der Waals surface area contributed by atoms with Crippen LogP contribution in [0.1, 0.15) is 91.4 Å². The maximum Gasteiger partial charge on any atom is 0.00722 e. The van der Waals surface area contributed by atoms with Crippen LogP contribution in [-0.4, -0.2) is 12.1 Å². The summed E-state index contributed by atoms with van der Waals surface area (Å²) >= 11 is 0. The minimum absolute atomic E-state index is 0.746. The van der Waals surface area contributed by atoms with Crippen LogP contribution in [0.15, 0.2) is 0 Å². The predicted molar refractivity (Wildman–Crippen MR) is 89.0 cm³/mol. The number of hydrogen-bond acceptors (Lipinski definition) is 1. The second-order valence-electron chi connectivity index (χ2n) is 8.07. The number of hydrogen-bond donors (Lipinski definition) is 1. The molecule has 20 heavy (non-hydrogen) atoms. The van der Waals surface area contributed by atoms with Crippen molar-refractivity contribution in [1.29, 1.82) is 0 Å². The summed E-state index contributed by atoms with van der Waals surface area (Å²) in [7, 11) is 0. The van der Waals surface area contributed by atoms with Crippen LogP contribution in [0, 0.1) is 17.8 Å². The molecule has 0 radical (unpaired) electrons. The highest BCUT2D eigenvalue weighted by molar-refractivity contribution is 4.83. The van der Waals surface area contributed by atoms with E-state index < -0.39 is 0 Å². The van der Waals surface area contributed by atoms with Crippen molar-refractivity contribution < 1.29 is 0 Å². The molecule has 0 spiro atoms. The Balaban J connectivity index is 1.76. The zero-order valence-corrected chi connectivity index (χ0v) is 14.2. The summed E-state index contributed by atoms with van der Waals surface area (Å²) in [5.74, 6) is 2.81. The summed E-state index contributed by atoms with van der Waals surface area (Å²) in [4.78, 5) is 0. The van der Waals surface area contributed by atoms with Crippen LogP contribution < -0.4 is 5.32 Å². The van der Waals surface area contributed by atoms with Crippen LogP contribution in [0.3, 0.4) is 0 Å². The monoisotopic (exact) mass is 279 g/mol. The molecule has 1 heteroatoms. The first-order valence-corrected chi connectivity index (χ1v) is 9.41. The second kappa shape index (κ2) is 8.41. The van der Waals surface area contributed by atoms with E-state index in [4.69, 9.17) is 0 Å². The van der Waals surface area contributed by atoms with Crippen LogP contribution in [0.2, 0.25) is 0 Å². The molecule has 2 rings (SSSR count). The molecular weight excluding hydrogens is 242 g/mol. The Morgan fingerprint density at radius 1 is 0.850 bits per heavy atom. The molecule has 0 amide bonds. The van der Waals surface area contributed by atoms with Gasteiger partial charge in [-0.3, -0.25) is 0 Å². The third-order valence-electron chi connectivity index (χ3n) is 5.69. The lowest BCUT2D eigenvalue weighted by atomic mass is 9.80. The Labute approximate surface area is 127 Å². The van der Waals surface area contributed by atoms with Crippen LogP contribution in [0.25, 0.3) is 0 Å². The van der Waals surface area contributed by atoms with Crippen molar-refractivity contribution >= 4 is 0 Å². The van der Waals surface area contributed by atoms with Gasteiger partial charge in [-0.1, -0.05) is 52.4 Å². The van der Waals surface area contributed by atoms with E-state index in [0.717, 1.165) is 29.8 Å². The molecule has 2 aliphatic rings. The predicted octanol–water partition coefficient (Wildman–Crippen LogP) is 5.54. The molecule has 118 valence electrons. The summed E-state index contributed by atoms with van der Waals surface area (Å²) in [5.41, 5.74) is 0. The first-order valence-electron chi connectivity index (χ1n) is 9.41. The molecule has 0 saturated heterocycles. The molecule has 0 heterocycles. The van der Waals surface area contributed by atoms with Crippen molar-refractivity contribution in [1.82, 2.24) is 5.32 Å². The molecule has 2 fully saturated rings. The van der Waals surface area contributed by atoms with Crippen molar-refractivity contribution in [3.63, 3.8) is 0 Å². The smallest absolute Gasteiger partial charge is 0.00722 e. The zero-order chi connectivity index (χ0) is 14.4. The fourth-order valence-corrected chi connectivity index (χ4v) is 4.64. The van der Waals surface area contributed by atoms with Crippen LogP contribution in [0.4, 0.5) is 0 Å². The standard InChI is InChI=1S/C19H37N/c1-15(2)13-17-9-8-12-19(14-17)20-16(3)18-10-6-4-5-7-11-18/h15-20H,4-14H2,1-3H3/t16-,17?,19?/m0/s1. The molecule has 1 N–H and O–H groups in total. The van der Waals surface area contributed by atoms with Gasteiger partial charge in [-0.05, 0) is 56.8 Å². The van der Waals surface area contributed by atoms with E-state index >= 15 is 0 Å². The van der Waals surface area contributed by atoms with Gasteiger partial charge in [0.1, 0.15) is 0 Å². The van der Waals surface area contributed by atoms with Crippen molar-refractivity contribution in [2.45, 2.75) is 103 Å². The van der Waals surface area contributed by atoms with Crippen molar-refractivity contribution in [3.8, 4) is 0 Å². The van der Waals surface area contributed by atoms with Gasteiger partial charge in [0.2, 0.25) is 0 Å². The van der Waals surface area contributed by atoms with Gasteiger partial charge in [-0.2, -0.15) is 0 Å². The Hall–Kier alpha value is -0.0400. The van der Waals surface area contributed by atoms with E-state index in [1.807, 2.05) is 0 Å². The third kappa shape index (κ3) is 5.39. The minimum atomic E-state index is 0.746. The van der Waals surface area contributed by atoms with Gasteiger partial charge in [0.15, 0.2) is 0 Å². The highest BCUT2D eigenvalue weighted by Gasteiger charge is 2.26. The molecule has 3 atom stereocenters. The molecule has 0 aromatic carbocycles. The molecule has 0 aromatic heterocycles. The van der Waals surface area contributed by atoms with Gasteiger partial charge < -0.3 is 5.32 Å². The van der Waals surface area contributed by atoms with Crippen LogP contribution >= 0.6 is 0 Å². The lowest BCUT2D eigenvalue weighted by Gasteiger charge is -2.35. The fraction of sp³-hybridized carbons (Fsp3) is 1.00. The molecule has 1 nitrogen and oxygen atoms in total. The molecular formula is C19H37N. The Morgan fingerprint density at radius 2 is 1.55 bits per heavy atom. The highest BCUT2D eigenvalue weighted by Crippen LogP contribution is 2.31. The van der Waals surface area contributed by atoms with Gasteiger partial charge in [-0.25, -0.2) is 0 Å². The van der Waals surface area contributed by atoms with E-state index in [0.29, 0.717) is 0 Å². The Bertz CT molecular complexity index is 252. The van der Waals surface area contributed by atoms with Crippen LogP contribution in [-0.2, 0) is 0 Å². The maximum atomic E-state index is 4.02. The summed E-state index contributed by atoms with van der Waals surface area (Å²) in [6, 6.07) is 1.56. The summed E-state index contributed by atoms with van der Waals surface area (Å²) in [5, 5.41) is 4.02. The third-order valence-corrected chi connectivity index (χ3v) is 5.69. The summed E-state index contributed by atoms with van der Waals surface area (Å²) in [6.07, 6.45) is 16.1. The Morgan fingerprint density at radius 3 is 2.20 bits per heavy atom. The first-order chi connectivity index (χ1) is 9.65. The fourth-order valence-electron chi connectivity index (χ4n) is 4.64. The lowest BCUT2D eigenvalue weighted by Crippen LogP contribution is -2.43. The molecule has 2 saturated carbocycles. The van der Waals surface area contributed by atoms with Gasteiger partial charge in [0.05, 0.1) is 0 Å². The van der Waals surface area contributed by atoms with E-state index in [-0.39, 0.29) is 0 Å². The van der Waals surface area contributed by atoms with Crippen LogP contribution in [0.5, 0.6) is 0 Å².